The van der Waals surface area contributed by atoms with Gasteiger partial charge in [-0.05, 0) is 67.7 Å². The van der Waals surface area contributed by atoms with E-state index in [0.29, 0.717) is 12.5 Å². The van der Waals surface area contributed by atoms with E-state index >= 15 is 0 Å². The van der Waals surface area contributed by atoms with Crippen LogP contribution < -0.4 is 20.5 Å². The number of hydrogen-bond donors (Lipinski definition) is 2. The molecule has 0 aliphatic carbocycles. The van der Waals surface area contributed by atoms with E-state index in [9.17, 15) is 0 Å². The van der Waals surface area contributed by atoms with Crippen molar-refractivity contribution in [2.75, 3.05) is 40.4 Å². The van der Waals surface area contributed by atoms with E-state index in [2.05, 4.69) is 39.5 Å². The van der Waals surface area contributed by atoms with Crippen molar-refractivity contribution in [1.29, 1.82) is 0 Å². The van der Waals surface area contributed by atoms with Crippen LogP contribution in [0.15, 0.2) is 53.5 Å². The number of likely N-dealkylation sites (tertiary alicyclic amines) is 1. The molecule has 0 bridgehead atoms. The quantitative estimate of drug-likeness (QED) is 0.490. The third kappa shape index (κ3) is 6.39. The minimum atomic E-state index is 0.234. The highest BCUT2D eigenvalue weighted by Gasteiger charge is 2.22. The molecule has 2 aromatic carbocycles. The van der Waals surface area contributed by atoms with Gasteiger partial charge in [0, 0.05) is 6.54 Å². The predicted octanol–water partition coefficient (Wildman–Crippen LogP) is 3.38. The van der Waals surface area contributed by atoms with E-state index in [1.807, 2.05) is 24.3 Å². The lowest BCUT2D eigenvalue weighted by Crippen LogP contribution is -2.37. The van der Waals surface area contributed by atoms with Crippen molar-refractivity contribution in [3.05, 3.63) is 59.7 Å². The summed E-state index contributed by atoms with van der Waals surface area (Å²) >= 11 is 0. The lowest BCUT2D eigenvalue weighted by molar-refractivity contribution is 0.168. The van der Waals surface area contributed by atoms with E-state index in [0.717, 1.165) is 37.6 Å². The smallest absolute Gasteiger partial charge is 0.188 e. The lowest BCUT2D eigenvalue weighted by Gasteiger charge is -2.34. The molecule has 0 saturated carbocycles. The molecule has 1 saturated heterocycles. The topological polar surface area (TPSA) is 72.1 Å². The number of nitrogens with zero attached hydrogens (tertiary/aromatic N) is 2. The van der Waals surface area contributed by atoms with Crippen LogP contribution in [0.2, 0.25) is 0 Å². The van der Waals surface area contributed by atoms with Gasteiger partial charge >= 0.3 is 0 Å². The molecule has 0 unspecified atom stereocenters. The number of nitrogens with two attached hydrogens (primary N) is 1. The van der Waals surface area contributed by atoms with Crippen molar-refractivity contribution < 1.29 is 9.47 Å². The van der Waals surface area contributed by atoms with Crippen LogP contribution in [0.5, 0.6) is 11.5 Å². The van der Waals surface area contributed by atoms with Crippen LogP contribution in [0, 0.1) is 0 Å². The van der Waals surface area contributed by atoms with Gasteiger partial charge in [0.15, 0.2) is 5.96 Å². The second kappa shape index (κ2) is 11.5. The molecule has 2 aromatic rings. The van der Waals surface area contributed by atoms with Gasteiger partial charge in [-0.2, -0.15) is 0 Å². The third-order valence-electron chi connectivity index (χ3n) is 5.65. The van der Waals surface area contributed by atoms with E-state index in [1.54, 1.807) is 14.2 Å². The highest BCUT2D eigenvalue weighted by molar-refractivity contribution is 5.77. The second-order valence-electron chi connectivity index (χ2n) is 7.64. The highest BCUT2D eigenvalue weighted by Crippen LogP contribution is 2.26. The summed E-state index contributed by atoms with van der Waals surface area (Å²) in [5.74, 6) is 2.24. The van der Waals surface area contributed by atoms with Gasteiger partial charge in [-0.1, -0.05) is 30.7 Å². The Morgan fingerprint density at radius 3 is 2.17 bits per heavy atom. The molecule has 6 heteroatoms. The zero-order chi connectivity index (χ0) is 21.2. The van der Waals surface area contributed by atoms with Crippen LogP contribution in [0.3, 0.4) is 0 Å². The number of hydrogen-bond acceptors (Lipinski definition) is 4. The first-order chi connectivity index (χ1) is 14.7. The Balaban J connectivity index is 1.57. The van der Waals surface area contributed by atoms with Gasteiger partial charge in [0.1, 0.15) is 11.5 Å². The van der Waals surface area contributed by atoms with Crippen molar-refractivity contribution in [2.45, 2.75) is 31.7 Å². The molecule has 1 aliphatic heterocycles. The number of rotatable bonds is 9. The molecule has 1 fully saturated rings. The first kappa shape index (κ1) is 22.0. The molecule has 1 heterocycles. The monoisotopic (exact) mass is 410 g/mol. The molecule has 6 nitrogen and oxygen atoms in total. The van der Waals surface area contributed by atoms with Gasteiger partial charge in [0.25, 0.3) is 0 Å². The van der Waals surface area contributed by atoms with Crippen molar-refractivity contribution in [1.82, 2.24) is 10.2 Å². The predicted molar refractivity (Wildman–Crippen MR) is 122 cm³/mol. The number of aliphatic imine (C=N–C) groups is 1. The molecular weight excluding hydrogens is 376 g/mol. The third-order valence-corrected chi connectivity index (χ3v) is 5.65. The summed E-state index contributed by atoms with van der Waals surface area (Å²) in [4.78, 5) is 7.19. The minimum Gasteiger partial charge on any atom is -0.497 e. The molecule has 1 aliphatic rings. The zero-order valence-electron chi connectivity index (χ0n) is 18.1. The summed E-state index contributed by atoms with van der Waals surface area (Å²) in [6.07, 6.45) is 4.68. The maximum atomic E-state index is 6.17. The first-order valence-electron chi connectivity index (χ1n) is 10.7. The maximum absolute atomic E-state index is 6.17. The van der Waals surface area contributed by atoms with Gasteiger partial charge in [-0.25, -0.2) is 0 Å². The van der Waals surface area contributed by atoms with Crippen molar-refractivity contribution in [3.8, 4) is 11.5 Å². The van der Waals surface area contributed by atoms with E-state index < -0.39 is 0 Å². The van der Waals surface area contributed by atoms with Gasteiger partial charge in [0.05, 0.1) is 26.8 Å². The minimum absolute atomic E-state index is 0.234. The van der Waals surface area contributed by atoms with Crippen LogP contribution in [0.1, 0.15) is 36.4 Å². The van der Waals surface area contributed by atoms with Gasteiger partial charge in [-0.15, -0.1) is 0 Å². The molecule has 0 radical (unpaired) electrons. The fraction of sp³-hybridized carbons (Fsp3) is 0.458. The van der Waals surface area contributed by atoms with Crippen LogP contribution in [0.25, 0.3) is 0 Å². The number of nitrogens with one attached hydrogen (secondary N) is 1. The molecule has 3 N–H and O–H groups in total. The largest absolute Gasteiger partial charge is 0.497 e. The summed E-state index contributed by atoms with van der Waals surface area (Å²) in [7, 11) is 3.37. The molecule has 1 atom stereocenters. The molecule has 162 valence electrons. The summed E-state index contributed by atoms with van der Waals surface area (Å²) in [6.45, 7) is 3.61. The van der Waals surface area contributed by atoms with Crippen LogP contribution in [0.4, 0.5) is 0 Å². The average Bonchev–Trinajstić information content (AvgIpc) is 2.81. The summed E-state index contributed by atoms with van der Waals surface area (Å²) in [5, 5.41) is 3.25. The SMILES string of the molecule is COc1ccc(CCNC(N)=NC[C@H](c2ccc(OC)cc2)N2CCCCC2)cc1. The molecular formula is C24H34N4O2. The van der Waals surface area contributed by atoms with Crippen LogP contribution in [-0.2, 0) is 6.42 Å². The summed E-state index contributed by atoms with van der Waals surface area (Å²) in [5.41, 5.74) is 8.66. The Hall–Kier alpha value is -2.73. The second-order valence-corrected chi connectivity index (χ2v) is 7.64. The zero-order valence-corrected chi connectivity index (χ0v) is 18.1. The number of benzene rings is 2. The Morgan fingerprint density at radius 1 is 0.967 bits per heavy atom. The average molecular weight is 411 g/mol. The lowest BCUT2D eigenvalue weighted by atomic mass is 10.0. The number of piperidine rings is 1. The van der Waals surface area contributed by atoms with Crippen molar-refractivity contribution in [2.24, 2.45) is 10.7 Å². The number of methoxy groups -OCH3 is 2. The van der Waals surface area contributed by atoms with Crippen molar-refractivity contribution in [3.63, 3.8) is 0 Å². The fourth-order valence-corrected chi connectivity index (χ4v) is 3.86. The maximum Gasteiger partial charge on any atom is 0.188 e. The molecule has 0 spiro atoms. The highest BCUT2D eigenvalue weighted by atomic mass is 16.5. The van der Waals surface area contributed by atoms with Crippen LogP contribution >= 0.6 is 0 Å². The summed E-state index contributed by atoms with van der Waals surface area (Å²) < 4.78 is 10.5. The molecule has 0 aromatic heterocycles. The Labute approximate surface area is 180 Å². The Bertz CT molecular complexity index is 784. The Kier molecular flexibility index (Phi) is 8.39. The molecule has 3 rings (SSSR count). The van der Waals surface area contributed by atoms with Gasteiger partial charge in [-0.3, -0.25) is 9.89 Å². The number of guanidine groups is 1. The van der Waals surface area contributed by atoms with Gasteiger partial charge in [0.2, 0.25) is 0 Å². The van der Waals surface area contributed by atoms with E-state index in [1.165, 1.54) is 30.4 Å². The molecule has 0 amide bonds. The van der Waals surface area contributed by atoms with E-state index in [4.69, 9.17) is 15.2 Å². The number of ether oxygens (including phenoxy) is 2. The first-order valence-corrected chi connectivity index (χ1v) is 10.7. The van der Waals surface area contributed by atoms with Crippen LogP contribution in [-0.4, -0.2) is 51.3 Å². The molecule has 30 heavy (non-hydrogen) atoms. The van der Waals surface area contributed by atoms with Gasteiger partial charge < -0.3 is 20.5 Å². The standard InChI is InChI=1S/C24H34N4O2/c1-29-21-10-6-19(7-11-21)14-15-26-24(25)27-18-23(28-16-4-3-5-17-28)20-8-12-22(30-2)13-9-20/h6-13,23H,3-5,14-18H2,1-2H3,(H3,25,26,27)/t23-/m1/s1. The Morgan fingerprint density at radius 2 is 1.57 bits per heavy atom. The fourth-order valence-electron chi connectivity index (χ4n) is 3.86. The normalized spacial score (nSPS) is 16.1. The summed E-state index contributed by atoms with van der Waals surface area (Å²) in [6, 6.07) is 16.7. The van der Waals surface area contributed by atoms with Crippen molar-refractivity contribution >= 4 is 5.96 Å². The van der Waals surface area contributed by atoms with E-state index in [-0.39, 0.29) is 6.04 Å².